The van der Waals surface area contributed by atoms with Gasteiger partial charge in [0.25, 0.3) is 5.24 Å². The van der Waals surface area contributed by atoms with E-state index in [1.54, 1.807) is 0 Å². The lowest BCUT2D eigenvalue weighted by molar-refractivity contribution is -0.126. The SMILES string of the molecule is CC(C)COC(=O)NC1CCC(N2C(=O)CSC2=O)CC1. The molecular weight excluding hydrogens is 292 g/mol. The Morgan fingerprint density at radius 3 is 2.52 bits per heavy atom. The van der Waals surface area contributed by atoms with Gasteiger partial charge in [-0.3, -0.25) is 14.5 Å². The lowest BCUT2D eigenvalue weighted by atomic mass is 9.90. The zero-order valence-electron chi connectivity index (χ0n) is 12.5. The monoisotopic (exact) mass is 314 g/mol. The maximum absolute atomic E-state index is 11.7. The first-order chi connectivity index (χ1) is 9.97. The summed E-state index contributed by atoms with van der Waals surface area (Å²) in [7, 11) is 0. The quantitative estimate of drug-likeness (QED) is 0.862. The minimum Gasteiger partial charge on any atom is -0.449 e. The average Bonchev–Trinajstić information content (AvgIpc) is 2.77. The number of imide groups is 1. The lowest BCUT2D eigenvalue weighted by Gasteiger charge is -2.33. The molecule has 0 bridgehead atoms. The molecule has 0 spiro atoms. The summed E-state index contributed by atoms with van der Waals surface area (Å²) in [4.78, 5) is 36.4. The Labute approximate surface area is 129 Å². The van der Waals surface area contributed by atoms with Crippen molar-refractivity contribution in [2.45, 2.75) is 51.6 Å². The molecule has 2 rings (SSSR count). The first kappa shape index (κ1) is 16.1. The molecule has 1 aliphatic carbocycles. The van der Waals surface area contributed by atoms with Crippen molar-refractivity contribution in [1.29, 1.82) is 0 Å². The molecule has 0 aromatic heterocycles. The number of ether oxygens (including phenoxy) is 1. The number of carbonyl (C=O) groups excluding carboxylic acids is 3. The Bertz CT molecular complexity index is 403. The van der Waals surface area contributed by atoms with Gasteiger partial charge in [0.05, 0.1) is 12.4 Å². The van der Waals surface area contributed by atoms with E-state index < -0.39 is 0 Å². The van der Waals surface area contributed by atoms with Crippen LogP contribution in [0.1, 0.15) is 39.5 Å². The fraction of sp³-hybridized carbons (Fsp3) is 0.786. The van der Waals surface area contributed by atoms with Crippen LogP contribution in [0.25, 0.3) is 0 Å². The van der Waals surface area contributed by atoms with Crippen LogP contribution < -0.4 is 5.32 Å². The highest BCUT2D eigenvalue weighted by Gasteiger charge is 2.37. The summed E-state index contributed by atoms with van der Waals surface area (Å²) in [5.74, 6) is 0.493. The molecule has 3 amide bonds. The molecule has 6 nitrogen and oxygen atoms in total. The first-order valence-corrected chi connectivity index (χ1v) is 8.38. The summed E-state index contributed by atoms with van der Waals surface area (Å²) in [5, 5.41) is 2.72. The van der Waals surface area contributed by atoms with Crippen molar-refractivity contribution < 1.29 is 19.1 Å². The zero-order chi connectivity index (χ0) is 15.4. The second kappa shape index (κ2) is 7.15. The predicted molar refractivity (Wildman–Crippen MR) is 80.1 cm³/mol. The van der Waals surface area contributed by atoms with Crippen molar-refractivity contribution in [2.24, 2.45) is 5.92 Å². The van der Waals surface area contributed by atoms with Crippen LogP contribution in [0.15, 0.2) is 0 Å². The molecule has 0 radical (unpaired) electrons. The molecule has 1 aliphatic heterocycles. The third kappa shape index (κ3) is 4.36. The zero-order valence-corrected chi connectivity index (χ0v) is 13.3. The van der Waals surface area contributed by atoms with E-state index in [9.17, 15) is 14.4 Å². The van der Waals surface area contributed by atoms with Gasteiger partial charge in [0.15, 0.2) is 0 Å². The Kier molecular flexibility index (Phi) is 5.50. The summed E-state index contributed by atoms with van der Waals surface area (Å²) in [6, 6.07) is 0.0612. The summed E-state index contributed by atoms with van der Waals surface area (Å²) >= 11 is 1.08. The van der Waals surface area contributed by atoms with Gasteiger partial charge in [-0.25, -0.2) is 4.79 Å². The molecule has 21 heavy (non-hydrogen) atoms. The number of hydrogen-bond acceptors (Lipinski definition) is 5. The molecule has 1 heterocycles. The second-order valence-electron chi connectivity index (χ2n) is 5.96. The van der Waals surface area contributed by atoms with Crippen LogP contribution in [-0.4, -0.2) is 46.6 Å². The standard InChI is InChI=1S/C14H22N2O4S/c1-9(2)7-20-13(18)15-10-3-5-11(6-4-10)16-12(17)8-21-14(16)19/h9-11H,3-8H2,1-2H3,(H,15,18). The van der Waals surface area contributed by atoms with E-state index in [0.717, 1.165) is 37.4 Å². The van der Waals surface area contributed by atoms with Crippen molar-refractivity contribution in [1.82, 2.24) is 10.2 Å². The van der Waals surface area contributed by atoms with Crippen LogP contribution in [0.5, 0.6) is 0 Å². The molecule has 0 atom stereocenters. The van der Waals surface area contributed by atoms with E-state index in [2.05, 4.69) is 5.32 Å². The van der Waals surface area contributed by atoms with E-state index in [1.807, 2.05) is 13.8 Å². The summed E-state index contributed by atoms with van der Waals surface area (Å²) in [5.41, 5.74) is 0. The van der Waals surface area contributed by atoms with Gasteiger partial charge < -0.3 is 10.1 Å². The van der Waals surface area contributed by atoms with Crippen LogP contribution in [0.4, 0.5) is 9.59 Å². The van der Waals surface area contributed by atoms with Crippen molar-refractivity contribution in [3.8, 4) is 0 Å². The van der Waals surface area contributed by atoms with Gasteiger partial charge in [-0.15, -0.1) is 0 Å². The molecule has 7 heteroatoms. The van der Waals surface area contributed by atoms with Crippen LogP contribution in [0.3, 0.4) is 0 Å². The highest BCUT2D eigenvalue weighted by molar-refractivity contribution is 8.14. The van der Waals surface area contributed by atoms with Gasteiger partial charge in [-0.1, -0.05) is 25.6 Å². The molecule has 1 N–H and O–H groups in total. The van der Waals surface area contributed by atoms with E-state index in [0.29, 0.717) is 12.5 Å². The molecule has 0 unspecified atom stereocenters. The summed E-state index contributed by atoms with van der Waals surface area (Å²) in [6.45, 7) is 4.39. The molecule has 0 aromatic carbocycles. The van der Waals surface area contributed by atoms with Crippen LogP contribution >= 0.6 is 11.8 Å². The van der Waals surface area contributed by atoms with E-state index >= 15 is 0 Å². The van der Waals surface area contributed by atoms with Crippen molar-refractivity contribution >= 4 is 29.0 Å². The Morgan fingerprint density at radius 2 is 2.00 bits per heavy atom. The molecule has 2 aliphatic rings. The average molecular weight is 314 g/mol. The Morgan fingerprint density at radius 1 is 1.33 bits per heavy atom. The fourth-order valence-electron chi connectivity index (χ4n) is 2.65. The molecule has 2 fully saturated rings. The highest BCUT2D eigenvalue weighted by Crippen LogP contribution is 2.29. The van der Waals surface area contributed by atoms with Gasteiger partial charge in [-0.2, -0.15) is 0 Å². The second-order valence-corrected chi connectivity index (χ2v) is 6.89. The molecule has 1 saturated heterocycles. The number of thioether (sulfide) groups is 1. The van der Waals surface area contributed by atoms with Gasteiger partial charge in [0.2, 0.25) is 5.91 Å². The maximum Gasteiger partial charge on any atom is 0.407 e. The van der Waals surface area contributed by atoms with Gasteiger partial charge in [0, 0.05) is 12.1 Å². The summed E-state index contributed by atoms with van der Waals surface area (Å²) < 4.78 is 5.09. The van der Waals surface area contributed by atoms with Gasteiger partial charge in [-0.05, 0) is 31.6 Å². The third-order valence-corrected chi connectivity index (χ3v) is 4.55. The number of alkyl carbamates (subject to hydrolysis) is 1. The highest BCUT2D eigenvalue weighted by atomic mass is 32.2. The third-order valence-electron chi connectivity index (χ3n) is 3.72. The Hall–Kier alpha value is -1.24. The van der Waals surface area contributed by atoms with Crippen molar-refractivity contribution in [3.63, 3.8) is 0 Å². The van der Waals surface area contributed by atoms with Crippen LogP contribution in [-0.2, 0) is 9.53 Å². The molecule has 118 valence electrons. The van der Waals surface area contributed by atoms with E-state index in [-0.39, 0.29) is 35.1 Å². The lowest BCUT2D eigenvalue weighted by Crippen LogP contribution is -2.45. The molecular formula is C14H22N2O4S. The smallest absolute Gasteiger partial charge is 0.407 e. The number of amides is 3. The Balaban J connectivity index is 1.74. The van der Waals surface area contributed by atoms with Crippen LogP contribution in [0.2, 0.25) is 0 Å². The number of nitrogens with zero attached hydrogens (tertiary/aromatic N) is 1. The number of rotatable bonds is 4. The maximum atomic E-state index is 11.7. The van der Waals surface area contributed by atoms with Crippen molar-refractivity contribution in [2.75, 3.05) is 12.4 Å². The molecule has 1 saturated carbocycles. The van der Waals surface area contributed by atoms with E-state index in [4.69, 9.17) is 4.74 Å². The van der Waals surface area contributed by atoms with E-state index in [1.165, 1.54) is 4.90 Å². The van der Waals surface area contributed by atoms with Gasteiger partial charge in [0.1, 0.15) is 0 Å². The summed E-state index contributed by atoms with van der Waals surface area (Å²) in [6.07, 6.45) is 2.64. The first-order valence-electron chi connectivity index (χ1n) is 7.39. The van der Waals surface area contributed by atoms with Crippen molar-refractivity contribution in [3.05, 3.63) is 0 Å². The normalized spacial score (nSPS) is 26.3. The minimum absolute atomic E-state index is 0.00951. The fourth-order valence-corrected chi connectivity index (χ4v) is 3.42. The van der Waals surface area contributed by atoms with Gasteiger partial charge >= 0.3 is 6.09 Å². The number of hydrogen-bond donors (Lipinski definition) is 1. The number of nitrogens with one attached hydrogen (secondary N) is 1. The largest absolute Gasteiger partial charge is 0.449 e. The van der Waals surface area contributed by atoms with Crippen LogP contribution in [0, 0.1) is 5.92 Å². The minimum atomic E-state index is -0.379. The number of carbonyl (C=O) groups is 3. The predicted octanol–water partition coefficient (Wildman–Crippen LogP) is 2.38. The molecule has 0 aromatic rings. The topological polar surface area (TPSA) is 75.7 Å².